The largest absolute Gasteiger partial charge is 0.0843 e. The van der Waals surface area contributed by atoms with Crippen LogP contribution in [0.5, 0.6) is 0 Å². The summed E-state index contributed by atoms with van der Waals surface area (Å²) in [5.74, 6) is 0. The molecule has 0 amide bonds. The molecule has 0 N–H and O–H groups in total. The lowest BCUT2D eigenvalue weighted by Crippen LogP contribution is -1.73. The molecule has 0 saturated carbocycles. The molecule has 0 radical (unpaired) electrons. The van der Waals surface area contributed by atoms with E-state index >= 15 is 0 Å². The van der Waals surface area contributed by atoms with Crippen molar-refractivity contribution in [3.63, 3.8) is 0 Å². The molecule has 80 valence electrons. The lowest BCUT2D eigenvalue weighted by atomic mass is 10.1. The van der Waals surface area contributed by atoms with Crippen LogP contribution < -0.4 is 0 Å². The third-order valence-electron chi connectivity index (χ3n) is 2.17. The Kier molecular flexibility index (Phi) is 3.66. The first-order valence-corrected chi connectivity index (χ1v) is 5.69. The lowest BCUT2D eigenvalue weighted by molar-refractivity contribution is 1.64. The summed E-state index contributed by atoms with van der Waals surface area (Å²) in [7, 11) is 0. The smallest absolute Gasteiger partial charge is 0.0411 e. The van der Waals surface area contributed by atoms with Gasteiger partial charge in [-0.2, -0.15) is 0 Å². The van der Waals surface area contributed by atoms with Gasteiger partial charge in [-0.05, 0) is 35.4 Å². The number of halogens is 2. The summed E-state index contributed by atoms with van der Waals surface area (Å²) in [5.41, 5.74) is 2.15. The van der Waals surface area contributed by atoms with E-state index in [4.69, 9.17) is 23.2 Å². The summed E-state index contributed by atoms with van der Waals surface area (Å²) >= 11 is 11.8. The number of hydrogen-bond donors (Lipinski definition) is 0. The molecule has 0 bridgehead atoms. The maximum atomic E-state index is 5.90. The molecule has 0 saturated heterocycles. The first-order valence-electron chi connectivity index (χ1n) is 4.93. The van der Waals surface area contributed by atoms with Gasteiger partial charge >= 0.3 is 0 Å². The van der Waals surface area contributed by atoms with E-state index in [2.05, 4.69) is 0 Å². The fourth-order valence-corrected chi connectivity index (χ4v) is 1.81. The first kappa shape index (κ1) is 11.3. The highest BCUT2D eigenvalue weighted by Gasteiger charge is 1.91. The monoisotopic (exact) mass is 248 g/mol. The Bertz CT molecular complexity index is 468. The Morgan fingerprint density at radius 3 is 1.50 bits per heavy atom. The Hall–Kier alpha value is -1.24. The molecule has 0 aliphatic carbocycles. The van der Waals surface area contributed by atoms with E-state index in [1.807, 2.05) is 60.7 Å². The summed E-state index contributed by atoms with van der Waals surface area (Å²) in [5, 5.41) is 1.49. The van der Waals surface area contributed by atoms with E-state index in [1.54, 1.807) is 0 Å². The minimum Gasteiger partial charge on any atom is -0.0843 e. The molecule has 0 spiro atoms. The molecule has 0 unspecified atom stereocenters. The standard InChI is InChI=1S/C14H10Cl2/c15-13-5-1-3-11(9-13)7-8-12-4-2-6-14(16)10-12/h1-10H/b8-7+. The summed E-state index contributed by atoms with van der Waals surface area (Å²) in [6.07, 6.45) is 4.02. The van der Waals surface area contributed by atoms with E-state index in [1.165, 1.54) is 0 Å². The normalized spacial score (nSPS) is 10.9. The van der Waals surface area contributed by atoms with Crippen molar-refractivity contribution in [2.24, 2.45) is 0 Å². The molecule has 0 atom stereocenters. The zero-order valence-corrected chi connectivity index (χ0v) is 10.0. The molecule has 0 fully saturated rings. The van der Waals surface area contributed by atoms with E-state index in [-0.39, 0.29) is 0 Å². The maximum absolute atomic E-state index is 5.90. The van der Waals surface area contributed by atoms with Gasteiger partial charge in [0.2, 0.25) is 0 Å². The van der Waals surface area contributed by atoms with Crippen molar-refractivity contribution < 1.29 is 0 Å². The van der Waals surface area contributed by atoms with Crippen LogP contribution in [-0.2, 0) is 0 Å². The molecule has 0 aromatic heterocycles. The van der Waals surface area contributed by atoms with Crippen molar-refractivity contribution in [1.29, 1.82) is 0 Å². The third kappa shape index (κ3) is 3.13. The minimum absolute atomic E-state index is 0.744. The van der Waals surface area contributed by atoms with Crippen LogP contribution in [0.2, 0.25) is 10.0 Å². The predicted octanol–water partition coefficient (Wildman–Crippen LogP) is 5.16. The van der Waals surface area contributed by atoms with Crippen LogP contribution in [0.1, 0.15) is 11.1 Å². The lowest BCUT2D eigenvalue weighted by Gasteiger charge is -1.96. The summed E-state index contributed by atoms with van der Waals surface area (Å²) < 4.78 is 0. The van der Waals surface area contributed by atoms with Gasteiger partial charge < -0.3 is 0 Å². The second-order valence-electron chi connectivity index (χ2n) is 3.44. The Morgan fingerprint density at radius 2 is 1.12 bits per heavy atom. The molecule has 0 heterocycles. The number of benzene rings is 2. The van der Waals surface area contributed by atoms with Crippen molar-refractivity contribution in [2.45, 2.75) is 0 Å². The van der Waals surface area contributed by atoms with Gasteiger partial charge in [0.25, 0.3) is 0 Å². The van der Waals surface area contributed by atoms with E-state index in [9.17, 15) is 0 Å². The molecule has 2 aromatic rings. The molecule has 2 heteroatoms. The Labute approximate surface area is 105 Å². The van der Waals surface area contributed by atoms with Crippen LogP contribution in [0.25, 0.3) is 12.2 Å². The van der Waals surface area contributed by atoms with Gasteiger partial charge in [0, 0.05) is 10.0 Å². The van der Waals surface area contributed by atoms with Gasteiger partial charge in [-0.3, -0.25) is 0 Å². The summed E-state index contributed by atoms with van der Waals surface area (Å²) in [4.78, 5) is 0. The summed E-state index contributed by atoms with van der Waals surface area (Å²) in [6, 6.07) is 15.4. The van der Waals surface area contributed by atoms with Gasteiger partial charge in [-0.1, -0.05) is 59.6 Å². The maximum Gasteiger partial charge on any atom is 0.0411 e. The molecule has 16 heavy (non-hydrogen) atoms. The van der Waals surface area contributed by atoms with Crippen LogP contribution in [0.3, 0.4) is 0 Å². The molecule has 0 nitrogen and oxygen atoms in total. The van der Waals surface area contributed by atoms with Gasteiger partial charge in [0.1, 0.15) is 0 Å². The van der Waals surface area contributed by atoms with Crippen molar-refractivity contribution in [2.75, 3.05) is 0 Å². The van der Waals surface area contributed by atoms with Crippen molar-refractivity contribution in [3.05, 3.63) is 69.7 Å². The predicted molar refractivity (Wildman–Crippen MR) is 71.8 cm³/mol. The molecular weight excluding hydrogens is 239 g/mol. The fraction of sp³-hybridized carbons (Fsp3) is 0. The zero-order valence-electron chi connectivity index (χ0n) is 8.53. The van der Waals surface area contributed by atoms with Crippen molar-refractivity contribution in [3.8, 4) is 0 Å². The van der Waals surface area contributed by atoms with Crippen LogP contribution in [0, 0.1) is 0 Å². The van der Waals surface area contributed by atoms with Crippen LogP contribution in [0.4, 0.5) is 0 Å². The number of hydrogen-bond acceptors (Lipinski definition) is 0. The highest BCUT2D eigenvalue weighted by atomic mass is 35.5. The second-order valence-corrected chi connectivity index (χ2v) is 4.32. The van der Waals surface area contributed by atoms with E-state index in [0.29, 0.717) is 0 Å². The average Bonchev–Trinajstić information content (AvgIpc) is 2.27. The van der Waals surface area contributed by atoms with Crippen LogP contribution >= 0.6 is 23.2 Å². The Morgan fingerprint density at radius 1 is 0.688 bits per heavy atom. The van der Waals surface area contributed by atoms with Gasteiger partial charge in [0.15, 0.2) is 0 Å². The van der Waals surface area contributed by atoms with Crippen LogP contribution in [0.15, 0.2) is 48.5 Å². The average molecular weight is 249 g/mol. The first-order chi connectivity index (χ1) is 7.74. The zero-order chi connectivity index (χ0) is 11.4. The fourth-order valence-electron chi connectivity index (χ4n) is 1.41. The Balaban J connectivity index is 2.21. The molecule has 0 aliphatic heterocycles. The van der Waals surface area contributed by atoms with Gasteiger partial charge in [-0.15, -0.1) is 0 Å². The highest BCUT2D eigenvalue weighted by molar-refractivity contribution is 6.31. The van der Waals surface area contributed by atoms with Gasteiger partial charge in [0.05, 0.1) is 0 Å². The van der Waals surface area contributed by atoms with Gasteiger partial charge in [-0.25, -0.2) is 0 Å². The summed E-state index contributed by atoms with van der Waals surface area (Å²) in [6.45, 7) is 0. The van der Waals surface area contributed by atoms with Crippen molar-refractivity contribution >= 4 is 35.4 Å². The highest BCUT2D eigenvalue weighted by Crippen LogP contribution is 2.15. The SMILES string of the molecule is Clc1cccc(/C=C/c2cccc(Cl)c2)c1. The quantitative estimate of drug-likeness (QED) is 0.644. The molecule has 2 rings (SSSR count). The third-order valence-corrected chi connectivity index (χ3v) is 2.64. The second kappa shape index (κ2) is 5.20. The molecule has 0 aliphatic rings. The van der Waals surface area contributed by atoms with Crippen LogP contribution in [-0.4, -0.2) is 0 Å². The minimum atomic E-state index is 0.744. The van der Waals surface area contributed by atoms with Crippen molar-refractivity contribution in [1.82, 2.24) is 0 Å². The molecule has 2 aromatic carbocycles. The van der Waals surface area contributed by atoms with E-state index in [0.717, 1.165) is 21.2 Å². The molecular formula is C14H10Cl2. The number of rotatable bonds is 2. The van der Waals surface area contributed by atoms with E-state index < -0.39 is 0 Å². The topological polar surface area (TPSA) is 0 Å².